The summed E-state index contributed by atoms with van der Waals surface area (Å²) in [7, 11) is 0. The smallest absolute Gasteiger partial charge is 0.255 e. The first-order chi connectivity index (χ1) is 8.49. The van der Waals surface area contributed by atoms with Crippen molar-refractivity contribution in [2.75, 3.05) is 13.1 Å². The highest BCUT2D eigenvalue weighted by molar-refractivity contribution is 9.10. The summed E-state index contributed by atoms with van der Waals surface area (Å²) >= 11 is 3.35. The van der Waals surface area contributed by atoms with Crippen molar-refractivity contribution in [3.63, 3.8) is 0 Å². The fourth-order valence-electron chi connectivity index (χ4n) is 2.35. The molecular weight excluding hydrogens is 297 g/mol. The normalized spacial score (nSPS) is 20.0. The van der Waals surface area contributed by atoms with Gasteiger partial charge in [0.1, 0.15) is 5.82 Å². The van der Waals surface area contributed by atoms with Crippen molar-refractivity contribution in [3.8, 4) is 0 Å². The Bertz CT molecular complexity index is 475. The SMILES string of the molecule is Cc1cc(Br)c(C(=O)N2CCCC(C)C2)cc1F. The van der Waals surface area contributed by atoms with Gasteiger partial charge in [-0.3, -0.25) is 4.79 Å². The van der Waals surface area contributed by atoms with Crippen LogP contribution in [0.4, 0.5) is 4.39 Å². The van der Waals surface area contributed by atoms with Crippen molar-refractivity contribution in [2.24, 2.45) is 5.92 Å². The average Bonchev–Trinajstić information content (AvgIpc) is 2.33. The molecule has 1 atom stereocenters. The second-order valence-corrected chi connectivity index (χ2v) is 5.93. The Hall–Kier alpha value is -0.900. The summed E-state index contributed by atoms with van der Waals surface area (Å²) in [5, 5.41) is 0. The summed E-state index contributed by atoms with van der Waals surface area (Å²) in [5.41, 5.74) is 0.970. The Morgan fingerprint density at radius 3 is 2.89 bits per heavy atom. The Kier molecular flexibility index (Phi) is 4.05. The number of carbonyl (C=O) groups excluding carboxylic acids is 1. The highest BCUT2D eigenvalue weighted by Crippen LogP contribution is 2.24. The summed E-state index contributed by atoms with van der Waals surface area (Å²) in [6, 6.07) is 3.00. The molecular formula is C14H17BrFNO. The number of rotatable bonds is 1. The minimum absolute atomic E-state index is 0.0766. The van der Waals surface area contributed by atoms with Crippen LogP contribution in [0.5, 0.6) is 0 Å². The van der Waals surface area contributed by atoms with Crippen molar-refractivity contribution in [3.05, 3.63) is 33.5 Å². The number of likely N-dealkylation sites (tertiary alicyclic amines) is 1. The third-order valence-corrected chi connectivity index (χ3v) is 4.08. The lowest BCUT2D eigenvalue weighted by Crippen LogP contribution is -2.39. The second-order valence-electron chi connectivity index (χ2n) is 5.08. The average molecular weight is 314 g/mol. The molecule has 1 aromatic carbocycles. The van der Waals surface area contributed by atoms with Crippen LogP contribution in [0.2, 0.25) is 0 Å². The van der Waals surface area contributed by atoms with E-state index in [9.17, 15) is 9.18 Å². The zero-order chi connectivity index (χ0) is 13.3. The summed E-state index contributed by atoms with van der Waals surface area (Å²) in [4.78, 5) is 14.2. The number of benzene rings is 1. The van der Waals surface area contributed by atoms with Crippen LogP contribution in [0.1, 0.15) is 35.7 Å². The Morgan fingerprint density at radius 2 is 2.22 bits per heavy atom. The van der Waals surface area contributed by atoms with E-state index >= 15 is 0 Å². The Morgan fingerprint density at radius 1 is 1.50 bits per heavy atom. The summed E-state index contributed by atoms with van der Waals surface area (Å²) in [6.45, 7) is 5.37. The quantitative estimate of drug-likeness (QED) is 0.773. The van der Waals surface area contributed by atoms with Crippen LogP contribution in [0.25, 0.3) is 0 Å². The van der Waals surface area contributed by atoms with Crippen LogP contribution in [-0.4, -0.2) is 23.9 Å². The highest BCUT2D eigenvalue weighted by atomic mass is 79.9. The molecule has 4 heteroatoms. The molecule has 1 fully saturated rings. The molecule has 1 aliphatic rings. The van der Waals surface area contributed by atoms with Gasteiger partial charge in [0.15, 0.2) is 0 Å². The largest absolute Gasteiger partial charge is 0.338 e. The first-order valence-corrected chi connectivity index (χ1v) is 7.03. The second kappa shape index (κ2) is 5.39. The standard InChI is InChI=1S/C14H17BrFNO/c1-9-4-3-5-17(8-9)14(18)11-7-13(16)10(2)6-12(11)15/h6-7,9H,3-5,8H2,1-2H3. The van der Waals surface area contributed by atoms with Gasteiger partial charge in [0.25, 0.3) is 5.91 Å². The highest BCUT2D eigenvalue weighted by Gasteiger charge is 2.24. The molecule has 1 amide bonds. The minimum Gasteiger partial charge on any atom is -0.338 e. The van der Waals surface area contributed by atoms with Gasteiger partial charge in [0, 0.05) is 17.6 Å². The van der Waals surface area contributed by atoms with Crippen LogP contribution < -0.4 is 0 Å². The lowest BCUT2D eigenvalue weighted by Gasteiger charge is -2.31. The predicted octanol–water partition coefficient (Wildman–Crippen LogP) is 3.77. The fraction of sp³-hybridized carbons (Fsp3) is 0.500. The predicted molar refractivity (Wildman–Crippen MR) is 73.1 cm³/mol. The summed E-state index contributed by atoms with van der Waals surface area (Å²) in [6.07, 6.45) is 2.19. The molecule has 2 nitrogen and oxygen atoms in total. The number of aryl methyl sites for hydroxylation is 1. The van der Waals surface area contributed by atoms with Crippen LogP contribution in [0.15, 0.2) is 16.6 Å². The van der Waals surface area contributed by atoms with E-state index in [0.717, 1.165) is 25.9 Å². The number of carbonyl (C=O) groups is 1. The molecule has 0 aliphatic carbocycles. The molecule has 0 saturated carbocycles. The third kappa shape index (κ3) is 2.74. The Balaban J connectivity index is 2.25. The maximum absolute atomic E-state index is 13.6. The summed E-state index contributed by atoms with van der Waals surface area (Å²) in [5.74, 6) is 0.121. The zero-order valence-electron chi connectivity index (χ0n) is 10.7. The van der Waals surface area contributed by atoms with Gasteiger partial charge in [-0.2, -0.15) is 0 Å². The maximum atomic E-state index is 13.6. The molecule has 98 valence electrons. The molecule has 1 unspecified atom stereocenters. The topological polar surface area (TPSA) is 20.3 Å². The van der Waals surface area contributed by atoms with E-state index in [0.29, 0.717) is 21.5 Å². The van der Waals surface area contributed by atoms with Crippen molar-refractivity contribution in [2.45, 2.75) is 26.7 Å². The number of amides is 1. The van der Waals surface area contributed by atoms with Gasteiger partial charge in [0.2, 0.25) is 0 Å². The lowest BCUT2D eigenvalue weighted by atomic mass is 9.99. The number of piperidine rings is 1. The van der Waals surface area contributed by atoms with Crippen LogP contribution in [0.3, 0.4) is 0 Å². The molecule has 0 spiro atoms. The van der Waals surface area contributed by atoms with E-state index < -0.39 is 0 Å². The first kappa shape index (κ1) is 13.5. The van der Waals surface area contributed by atoms with Crippen LogP contribution >= 0.6 is 15.9 Å². The van der Waals surface area contributed by atoms with Gasteiger partial charge in [-0.05, 0) is 59.3 Å². The van der Waals surface area contributed by atoms with E-state index in [-0.39, 0.29) is 11.7 Å². The molecule has 2 rings (SSSR count). The number of nitrogens with zero attached hydrogens (tertiary/aromatic N) is 1. The third-order valence-electron chi connectivity index (χ3n) is 3.42. The van der Waals surface area contributed by atoms with Crippen molar-refractivity contribution in [1.82, 2.24) is 4.90 Å². The maximum Gasteiger partial charge on any atom is 0.255 e. The zero-order valence-corrected chi connectivity index (χ0v) is 12.3. The first-order valence-electron chi connectivity index (χ1n) is 6.24. The lowest BCUT2D eigenvalue weighted by molar-refractivity contribution is 0.0681. The molecule has 0 radical (unpaired) electrons. The molecule has 1 heterocycles. The van der Waals surface area contributed by atoms with E-state index in [1.54, 1.807) is 13.0 Å². The fourth-order valence-corrected chi connectivity index (χ4v) is 2.98. The minimum atomic E-state index is -0.327. The van der Waals surface area contributed by atoms with Crippen molar-refractivity contribution < 1.29 is 9.18 Å². The molecule has 18 heavy (non-hydrogen) atoms. The van der Waals surface area contributed by atoms with Gasteiger partial charge >= 0.3 is 0 Å². The van der Waals surface area contributed by atoms with Gasteiger partial charge in [-0.15, -0.1) is 0 Å². The van der Waals surface area contributed by atoms with E-state index in [1.165, 1.54) is 6.07 Å². The van der Waals surface area contributed by atoms with Crippen LogP contribution in [-0.2, 0) is 0 Å². The number of halogens is 2. The van der Waals surface area contributed by atoms with Crippen molar-refractivity contribution in [1.29, 1.82) is 0 Å². The molecule has 0 N–H and O–H groups in total. The van der Waals surface area contributed by atoms with E-state index in [4.69, 9.17) is 0 Å². The van der Waals surface area contributed by atoms with Crippen LogP contribution in [0, 0.1) is 18.7 Å². The van der Waals surface area contributed by atoms with Gasteiger partial charge in [-0.1, -0.05) is 6.92 Å². The molecule has 1 aliphatic heterocycles. The van der Waals surface area contributed by atoms with Gasteiger partial charge in [-0.25, -0.2) is 4.39 Å². The van der Waals surface area contributed by atoms with E-state index in [2.05, 4.69) is 22.9 Å². The molecule has 1 saturated heterocycles. The molecule has 0 bridgehead atoms. The monoisotopic (exact) mass is 313 g/mol. The van der Waals surface area contributed by atoms with Gasteiger partial charge < -0.3 is 4.90 Å². The number of hydrogen-bond acceptors (Lipinski definition) is 1. The Labute approximate surface area is 115 Å². The van der Waals surface area contributed by atoms with E-state index in [1.807, 2.05) is 4.90 Å². The van der Waals surface area contributed by atoms with Gasteiger partial charge in [0.05, 0.1) is 5.56 Å². The summed E-state index contributed by atoms with van der Waals surface area (Å²) < 4.78 is 14.2. The molecule has 0 aromatic heterocycles. The molecule has 1 aromatic rings. The van der Waals surface area contributed by atoms with Crippen molar-refractivity contribution >= 4 is 21.8 Å². The number of hydrogen-bond donors (Lipinski definition) is 0.